The van der Waals surface area contributed by atoms with Gasteiger partial charge in [0.05, 0.1) is 6.10 Å². The van der Waals surface area contributed by atoms with Crippen LogP contribution in [0.4, 0.5) is 9.18 Å². The molecule has 2 aromatic carbocycles. The number of nitrogens with one attached hydrogen (secondary N) is 2. The molecule has 0 aliphatic carbocycles. The van der Waals surface area contributed by atoms with Crippen LogP contribution in [-0.2, 0) is 14.3 Å². The molecule has 0 fully saturated rings. The monoisotopic (exact) mass is 460 g/mol. The maximum Gasteiger partial charge on any atom is 0.414 e. The fraction of sp³-hybridized carbons (Fsp3) is 0.261. The molecule has 0 heterocycles. The van der Waals surface area contributed by atoms with Crippen LogP contribution >= 0.6 is 0 Å². The average Bonchev–Trinajstić information content (AvgIpc) is 2.81. The number of alkyl carbamates (subject to hydrolysis) is 1. The number of phenols is 1. The van der Waals surface area contributed by atoms with E-state index in [0.29, 0.717) is 6.42 Å². The van der Waals surface area contributed by atoms with Crippen molar-refractivity contribution in [1.82, 2.24) is 10.8 Å². The first-order chi connectivity index (χ1) is 15.8. The van der Waals surface area contributed by atoms with E-state index in [4.69, 9.17) is 14.7 Å². The van der Waals surface area contributed by atoms with Crippen molar-refractivity contribution in [3.05, 3.63) is 77.6 Å². The van der Waals surface area contributed by atoms with Gasteiger partial charge in [0.1, 0.15) is 0 Å². The van der Waals surface area contributed by atoms with Gasteiger partial charge in [-0.2, -0.15) is 0 Å². The summed E-state index contributed by atoms with van der Waals surface area (Å²) in [7, 11) is 0. The number of halogens is 1. The molecule has 0 saturated carbocycles. The van der Waals surface area contributed by atoms with Crippen molar-refractivity contribution in [1.29, 1.82) is 0 Å². The number of carbonyl (C=O) groups excluding carboxylic acids is 3. The normalized spacial score (nSPS) is 12.7. The van der Waals surface area contributed by atoms with Gasteiger partial charge in [-0.25, -0.2) is 14.7 Å². The number of hydroxylamine groups is 1. The van der Waals surface area contributed by atoms with Crippen LogP contribution < -0.4 is 10.8 Å². The molecular weight excluding hydrogens is 435 g/mol. The second-order valence-electron chi connectivity index (χ2n) is 6.81. The van der Waals surface area contributed by atoms with Gasteiger partial charge in [-0.05, 0) is 49.6 Å². The van der Waals surface area contributed by atoms with Crippen molar-refractivity contribution in [2.24, 2.45) is 0 Å². The number of phenolic OH excluding ortho intramolecular Hbond substituents is 1. The van der Waals surface area contributed by atoms with Gasteiger partial charge in [-0.15, -0.1) is 0 Å². The fourth-order valence-electron chi connectivity index (χ4n) is 2.98. The predicted octanol–water partition coefficient (Wildman–Crippen LogP) is 3.39. The maximum absolute atomic E-state index is 14.0. The van der Waals surface area contributed by atoms with Crippen molar-refractivity contribution >= 4 is 17.9 Å². The second kappa shape index (κ2) is 12.9. The van der Waals surface area contributed by atoms with Crippen LogP contribution in [0.5, 0.6) is 5.75 Å². The Morgan fingerprint density at radius 2 is 1.88 bits per heavy atom. The second-order valence-corrected chi connectivity index (χ2v) is 6.81. The third-order valence-corrected chi connectivity index (χ3v) is 4.50. The van der Waals surface area contributed by atoms with Gasteiger partial charge in [0, 0.05) is 18.2 Å². The molecule has 9 nitrogen and oxygen atoms in total. The van der Waals surface area contributed by atoms with Gasteiger partial charge in [0.15, 0.2) is 17.7 Å². The Balaban J connectivity index is 2.22. The van der Waals surface area contributed by atoms with Crippen LogP contribution in [0, 0.1) is 5.82 Å². The van der Waals surface area contributed by atoms with E-state index in [1.165, 1.54) is 29.8 Å². The number of amides is 3. The summed E-state index contributed by atoms with van der Waals surface area (Å²) in [4.78, 5) is 35.9. The lowest BCUT2D eigenvalue weighted by Crippen LogP contribution is -2.35. The molecule has 0 radical (unpaired) electrons. The summed E-state index contributed by atoms with van der Waals surface area (Å²) >= 11 is 0. The third kappa shape index (κ3) is 8.02. The molecule has 0 spiro atoms. The van der Waals surface area contributed by atoms with E-state index in [9.17, 15) is 23.9 Å². The average molecular weight is 460 g/mol. The summed E-state index contributed by atoms with van der Waals surface area (Å²) in [6, 6.07) is 11.5. The van der Waals surface area contributed by atoms with Crippen LogP contribution in [0.2, 0.25) is 0 Å². The lowest BCUT2D eigenvalue weighted by atomic mass is 9.99. The van der Waals surface area contributed by atoms with E-state index in [0.717, 1.165) is 18.2 Å². The zero-order valence-corrected chi connectivity index (χ0v) is 17.9. The predicted molar refractivity (Wildman–Crippen MR) is 115 cm³/mol. The van der Waals surface area contributed by atoms with Gasteiger partial charge >= 0.3 is 6.09 Å². The molecule has 0 saturated heterocycles. The van der Waals surface area contributed by atoms with E-state index >= 15 is 0 Å². The van der Waals surface area contributed by atoms with E-state index in [2.05, 4.69) is 5.32 Å². The van der Waals surface area contributed by atoms with E-state index in [1.807, 2.05) is 0 Å². The smallest absolute Gasteiger partial charge is 0.414 e. The summed E-state index contributed by atoms with van der Waals surface area (Å²) in [5.74, 6) is -2.89. The molecule has 2 aromatic rings. The first-order valence-electron chi connectivity index (χ1n) is 10.1. The highest BCUT2D eigenvalue weighted by atomic mass is 19.1. The van der Waals surface area contributed by atoms with E-state index < -0.39 is 41.7 Å². The standard InChI is InChI=1S/C23H25FN2O7/c1-2-32-19(10-6-7-11-20(28)26-31)21(16-12-13-18(27)17(24)14-16)33-23(30)25-22(29)15-8-4-3-5-9-15/h3-5,7-9,11-14,19,21,27,31H,2,6,10H2,1H3,(H,26,28)(H,25,29,30)/b11-7+/t19-,21-/m1/s1. The Kier molecular flexibility index (Phi) is 10.00. The molecule has 0 unspecified atom stereocenters. The molecule has 3 amide bonds. The first kappa shape index (κ1) is 25.5. The Morgan fingerprint density at radius 3 is 2.52 bits per heavy atom. The minimum absolute atomic E-state index is 0.197. The zero-order chi connectivity index (χ0) is 24.2. The molecule has 2 rings (SSSR count). The van der Waals surface area contributed by atoms with Gasteiger partial charge < -0.3 is 14.6 Å². The molecule has 176 valence electrons. The van der Waals surface area contributed by atoms with Gasteiger partial charge in [0.2, 0.25) is 0 Å². The molecule has 0 aromatic heterocycles. The number of imide groups is 1. The molecule has 0 bridgehead atoms. The quantitative estimate of drug-likeness (QED) is 0.243. The number of carbonyl (C=O) groups is 3. The van der Waals surface area contributed by atoms with Crippen molar-refractivity contribution in [3.63, 3.8) is 0 Å². The first-order valence-corrected chi connectivity index (χ1v) is 10.1. The molecule has 2 atom stereocenters. The Hall–Kier alpha value is -3.76. The molecular formula is C23H25FN2O7. The minimum atomic E-state index is -1.14. The lowest BCUT2D eigenvalue weighted by molar-refractivity contribution is -0.124. The maximum atomic E-state index is 14.0. The lowest BCUT2D eigenvalue weighted by Gasteiger charge is -2.27. The van der Waals surface area contributed by atoms with Crippen LogP contribution in [-0.4, -0.2) is 40.9 Å². The highest BCUT2D eigenvalue weighted by Crippen LogP contribution is 2.30. The Bertz CT molecular complexity index is 982. The summed E-state index contributed by atoms with van der Waals surface area (Å²) in [6.45, 7) is 1.95. The number of rotatable bonds is 10. The van der Waals surface area contributed by atoms with Crippen LogP contribution in [0.15, 0.2) is 60.7 Å². The summed E-state index contributed by atoms with van der Waals surface area (Å²) in [6.07, 6.45) is 0.151. The number of benzene rings is 2. The molecule has 10 heteroatoms. The van der Waals surface area contributed by atoms with Crippen molar-refractivity contribution < 1.29 is 38.6 Å². The summed E-state index contributed by atoms with van der Waals surface area (Å²) < 4.78 is 25.2. The van der Waals surface area contributed by atoms with Crippen LogP contribution in [0.25, 0.3) is 0 Å². The molecule has 0 aliphatic heterocycles. The van der Waals surface area contributed by atoms with Gasteiger partial charge in [-0.3, -0.25) is 20.1 Å². The topological polar surface area (TPSA) is 134 Å². The number of hydrogen-bond acceptors (Lipinski definition) is 7. The number of aromatic hydroxyl groups is 1. The van der Waals surface area contributed by atoms with Crippen LogP contribution in [0.3, 0.4) is 0 Å². The van der Waals surface area contributed by atoms with Crippen molar-refractivity contribution in [2.45, 2.75) is 32.0 Å². The van der Waals surface area contributed by atoms with Crippen LogP contribution in [0.1, 0.15) is 41.8 Å². The minimum Gasteiger partial charge on any atom is -0.505 e. The highest BCUT2D eigenvalue weighted by molar-refractivity contribution is 6.02. The zero-order valence-electron chi connectivity index (χ0n) is 17.9. The van der Waals surface area contributed by atoms with Gasteiger partial charge in [0.25, 0.3) is 11.8 Å². The fourth-order valence-corrected chi connectivity index (χ4v) is 2.98. The number of ether oxygens (including phenoxy) is 2. The molecule has 33 heavy (non-hydrogen) atoms. The number of allylic oxidation sites excluding steroid dienone is 1. The third-order valence-electron chi connectivity index (χ3n) is 4.50. The van der Waals surface area contributed by atoms with Gasteiger partial charge in [-0.1, -0.05) is 30.3 Å². The Morgan fingerprint density at radius 1 is 1.15 bits per heavy atom. The van der Waals surface area contributed by atoms with Crippen molar-refractivity contribution in [2.75, 3.05) is 6.61 Å². The molecule has 4 N–H and O–H groups in total. The summed E-state index contributed by atoms with van der Waals surface area (Å²) in [5, 5.41) is 20.2. The van der Waals surface area contributed by atoms with Crippen molar-refractivity contribution in [3.8, 4) is 5.75 Å². The highest BCUT2D eigenvalue weighted by Gasteiger charge is 2.29. The SMILES string of the molecule is CCO[C@H](CC/C=C/C(=O)NO)[C@H](OC(=O)NC(=O)c1ccccc1)c1ccc(O)c(F)c1. The van der Waals surface area contributed by atoms with E-state index in [1.54, 1.807) is 25.1 Å². The number of hydrogen-bond donors (Lipinski definition) is 4. The Labute approximate surface area is 189 Å². The largest absolute Gasteiger partial charge is 0.505 e. The molecule has 0 aliphatic rings. The summed E-state index contributed by atoms with van der Waals surface area (Å²) in [5.41, 5.74) is 1.91. The van der Waals surface area contributed by atoms with E-state index in [-0.39, 0.29) is 24.2 Å².